The number of anilines is 1. The number of benzene rings is 1. The second kappa shape index (κ2) is 7.06. The molecule has 2 aromatic rings. The van der Waals surface area contributed by atoms with Gasteiger partial charge in [0.2, 0.25) is 0 Å². The molecule has 20 heavy (non-hydrogen) atoms. The van der Waals surface area contributed by atoms with Gasteiger partial charge in [-0.05, 0) is 42.2 Å². The summed E-state index contributed by atoms with van der Waals surface area (Å²) in [5.74, 6) is 0.932. The first-order valence-electron chi connectivity index (χ1n) is 7.14. The molecule has 3 heteroatoms. The Kier molecular flexibility index (Phi) is 5.13. The average molecular weight is 270 g/mol. The maximum Gasteiger partial charge on any atom is 0.129 e. The second-order valence-corrected chi connectivity index (χ2v) is 4.93. The minimum absolute atomic E-state index is 0.149. The molecule has 0 aliphatic rings. The third-order valence-corrected chi connectivity index (χ3v) is 3.39. The summed E-state index contributed by atoms with van der Waals surface area (Å²) < 4.78 is 0. The lowest BCUT2D eigenvalue weighted by molar-refractivity contribution is 0.301. The van der Waals surface area contributed by atoms with Crippen molar-refractivity contribution in [3.63, 3.8) is 0 Å². The average Bonchev–Trinajstić information content (AvgIpc) is 2.48. The number of aryl methyl sites for hydroxylation is 1. The fourth-order valence-corrected chi connectivity index (χ4v) is 2.39. The standard InChI is InChI=1S/C17H22N2O/c1-3-10-19(11-12-20)17-13-15(8-9-18-17)16-7-5-4-6-14(16)2/h4-9,13,20H,3,10-12H2,1-2H3. The first-order valence-corrected chi connectivity index (χ1v) is 7.14. The number of hydrogen-bond donors (Lipinski definition) is 1. The number of pyridine rings is 1. The number of nitrogens with zero attached hydrogens (tertiary/aromatic N) is 2. The molecule has 0 atom stereocenters. The Bertz CT molecular complexity index is 548. The van der Waals surface area contributed by atoms with Crippen LogP contribution in [0.4, 0.5) is 5.82 Å². The lowest BCUT2D eigenvalue weighted by Gasteiger charge is -2.22. The van der Waals surface area contributed by atoms with Crippen molar-refractivity contribution >= 4 is 5.82 Å². The SMILES string of the molecule is CCCN(CCO)c1cc(-c2ccccc2C)ccn1. The van der Waals surface area contributed by atoms with Crippen LogP contribution in [0.25, 0.3) is 11.1 Å². The monoisotopic (exact) mass is 270 g/mol. The van der Waals surface area contributed by atoms with Gasteiger partial charge in [-0.1, -0.05) is 31.2 Å². The third-order valence-electron chi connectivity index (χ3n) is 3.39. The van der Waals surface area contributed by atoms with E-state index in [1.165, 1.54) is 16.7 Å². The summed E-state index contributed by atoms with van der Waals surface area (Å²) in [6, 6.07) is 12.5. The molecule has 0 saturated carbocycles. The molecule has 0 bridgehead atoms. The molecule has 3 nitrogen and oxygen atoms in total. The van der Waals surface area contributed by atoms with Crippen LogP contribution in [0.5, 0.6) is 0 Å². The molecule has 1 aromatic carbocycles. The van der Waals surface area contributed by atoms with Crippen LogP contribution >= 0.6 is 0 Å². The molecule has 0 radical (unpaired) electrons. The van der Waals surface area contributed by atoms with Crippen molar-refractivity contribution in [2.75, 3.05) is 24.6 Å². The lowest BCUT2D eigenvalue weighted by Crippen LogP contribution is -2.28. The predicted octanol–water partition coefficient (Wildman–Crippen LogP) is 3.27. The molecule has 0 fully saturated rings. The number of aliphatic hydroxyl groups excluding tert-OH is 1. The van der Waals surface area contributed by atoms with Gasteiger partial charge in [-0.3, -0.25) is 0 Å². The number of aliphatic hydroxyl groups is 1. The number of hydrogen-bond acceptors (Lipinski definition) is 3. The summed E-state index contributed by atoms with van der Waals surface area (Å²) >= 11 is 0. The van der Waals surface area contributed by atoms with Gasteiger partial charge in [0.1, 0.15) is 5.82 Å². The van der Waals surface area contributed by atoms with Crippen LogP contribution in [0, 0.1) is 6.92 Å². The zero-order valence-electron chi connectivity index (χ0n) is 12.2. The Hall–Kier alpha value is -1.87. The van der Waals surface area contributed by atoms with Crippen LogP contribution in [0.1, 0.15) is 18.9 Å². The van der Waals surface area contributed by atoms with E-state index in [1.54, 1.807) is 0 Å². The maximum absolute atomic E-state index is 9.19. The van der Waals surface area contributed by atoms with Gasteiger partial charge >= 0.3 is 0 Å². The van der Waals surface area contributed by atoms with Gasteiger partial charge in [-0.15, -0.1) is 0 Å². The fourth-order valence-electron chi connectivity index (χ4n) is 2.39. The van der Waals surface area contributed by atoms with Gasteiger partial charge in [0.15, 0.2) is 0 Å². The molecule has 0 unspecified atom stereocenters. The van der Waals surface area contributed by atoms with Gasteiger partial charge in [0, 0.05) is 19.3 Å². The zero-order chi connectivity index (χ0) is 14.4. The minimum Gasteiger partial charge on any atom is -0.395 e. The van der Waals surface area contributed by atoms with Gasteiger partial charge in [0.25, 0.3) is 0 Å². The molecule has 2 rings (SSSR count). The van der Waals surface area contributed by atoms with Gasteiger partial charge < -0.3 is 10.0 Å². The molecule has 0 saturated heterocycles. The fraction of sp³-hybridized carbons (Fsp3) is 0.353. The molecule has 1 N–H and O–H groups in total. The van der Waals surface area contributed by atoms with E-state index in [2.05, 4.69) is 54.1 Å². The third kappa shape index (κ3) is 3.36. The van der Waals surface area contributed by atoms with Crippen LogP contribution in [0.15, 0.2) is 42.6 Å². The molecule has 0 amide bonds. The zero-order valence-corrected chi connectivity index (χ0v) is 12.2. The predicted molar refractivity (Wildman–Crippen MR) is 84.0 cm³/mol. The summed E-state index contributed by atoms with van der Waals surface area (Å²) in [7, 11) is 0. The summed E-state index contributed by atoms with van der Waals surface area (Å²) in [6.45, 7) is 5.93. The van der Waals surface area contributed by atoms with Crippen molar-refractivity contribution in [3.05, 3.63) is 48.2 Å². The molecular weight excluding hydrogens is 248 g/mol. The van der Waals surface area contributed by atoms with E-state index in [4.69, 9.17) is 0 Å². The normalized spacial score (nSPS) is 10.6. The van der Waals surface area contributed by atoms with E-state index < -0.39 is 0 Å². The van der Waals surface area contributed by atoms with Gasteiger partial charge in [0.05, 0.1) is 6.61 Å². The van der Waals surface area contributed by atoms with Crippen LogP contribution < -0.4 is 4.90 Å². The Labute approximate surface area is 120 Å². The first kappa shape index (κ1) is 14.5. The summed E-state index contributed by atoms with van der Waals surface area (Å²) in [6.07, 6.45) is 2.88. The Morgan fingerprint density at radius 1 is 1.15 bits per heavy atom. The molecule has 0 aliphatic heterocycles. The highest BCUT2D eigenvalue weighted by Gasteiger charge is 2.08. The quantitative estimate of drug-likeness (QED) is 0.875. The van der Waals surface area contributed by atoms with E-state index >= 15 is 0 Å². The highest BCUT2D eigenvalue weighted by Crippen LogP contribution is 2.25. The summed E-state index contributed by atoms with van der Waals surface area (Å²) in [5, 5.41) is 9.19. The van der Waals surface area contributed by atoms with Crippen LogP contribution in [-0.2, 0) is 0 Å². The van der Waals surface area contributed by atoms with Crippen LogP contribution in [-0.4, -0.2) is 29.8 Å². The van der Waals surface area contributed by atoms with Crippen molar-refractivity contribution in [1.29, 1.82) is 0 Å². The molecule has 1 aromatic heterocycles. The first-order chi connectivity index (χ1) is 9.76. The van der Waals surface area contributed by atoms with Crippen LogP contribution in [0.2, 0.25) is 0 Å². The minimum atomic E-state index is 0.149. The number of aromatic nitrogens is 1. The smallest absolute Gasteiger partial charge is 0.129 e. The van der Waals surface area contributed by atoms with Gasteiger partial charge in [-0.2, -0.15) is 0 Å². The summed E-state index contributed by atoms with van der Waals surface area (Å²) in [5.41, 5.74) is 3.66. The van der Waals surface area contributed by atoms with Crippen molar-refractivity contribution in [2.24, 2.45) is 0 Å². The van der Waals surface area contributed by atoms with E-state index in [9.17, 15) is 5.11 Å². The number of rotatable bonds is 6. The second-order valence-electron chi connectivity index (χ2n) is 4.93. The molecule has 1 heterocycles. The Balaban J connectivity index is 2.34. The Morgan fingerprint density at radius 2 is 1.95 bits per heavy atom. The largest absolute Gasteiger partial charge is 0.395 e. The molecule has 0 spiro atoms. The van der Waals surface area contributed by atoms with Crippen molar-refractivity contribution in [3.8, 4) is 11.1 Å². The lowest BCUT2D eigenvalue weighted by atomic mass is 10.0. The van der Waals surface area contributed by atoms with Crippen molar-refractivity contribution < 1.29 is 5.11 Å². The Morgan fingerprint density at radius 3 is 2.65 bits per heavy atom. The molecule has 106 valence electrons. The summed E-state index contributed by atoms with van der Waals surface area (Å²) in [4.78, 5) is 6.57. The van der Waals surface area contributed by atoms with Gasteiger partial charge in [-0.25, -0.2) is 4.98 Å². The molecule has 0 aliphatic carbocycles. The highest BCUT2D eigenvalue weighted by atomic mass is 16.3. The van der Waals surface area contributed by atoms with E-state index in [0.717, 1.165) is 18.8 Å². The topological polar surface area (TPSA) is 36.4 Å². The van der Waals surface area contributed by atoms with Crippen molar-refractivity contribution in [1.82, 2.24) is 4.98 Å². The van der Waals surface area contributed by atoms with Crippen molar-refractivity contribution in [2.45, 2.75) is 20.3 Å². The van der Waals surface area contributed by atoms with E-state index in [1.807, 2.05) is 12.3 Å². The highest BCUT2D eigenvalue weighted by molar-refractivity contribution is 5.69. The molecular formula is C17H22N2O. The van der Waals surface area contributed by atoms with E-state index in [-0.39, 0.29) is 6.61 Å². The van der Waals surface area contributed by atoms with E-state index in [0.29, 0.717) is 6.54 Å². The van der Waals surface area contributed by atoms with Crippen LogP contribution in [0.3, 0.4) is 0 Å². The maximum atomic E-state index is 9.19.